The fourth-order valence-corrected chi connectivity index (χ4v) is 4.11. The number of esters is 1. The Morgan fingerprint density at radius 2 is 1.90 bits per heavy atom. The molecule has 0 bridgehead atoms. The van der Waals surface area contributed by atoms with Crippen molar-refractivity contribution in [3.63, 3.8) is 0 Å². The number of unbranched alkanes of at least 4 members (excludes halogenated alkanes) is 4. The van der Waals surface area contributed by atoms with E-state index in [-0.39, 0.29) is 37.1 Å². The molecule has 1 saturated carbocycles. The molecule has 0 saturated heterocycles. The third kappa shape index (κ3) is 9.48. The van der Waals surface area contributed by atoms with Crippen LogP contribution in [-0.2, 0) is 19.1 Å². The Hall–Kier alpha value is -1.79. The van der Waals surface area contributed by atoms with E-state index in [0.29, 0.717) is 25.7 Å². The average Bonchev–Trinajstić information content (AvgIpc) is 3.01. The molecule has 0 amide bonds. The van der Waals surface area contributed by atoms with E-state index in [0.717, 1.165) is 32.1 Å². The topological polar surface area (TPSA) is 101 Å². The summed E-state index contributed by atoms with van der Waals surface area (Å²) >= 11 is 0. The van der Waals surface area contributed by atoms with Gasteiger partial charge in [-0.3, -0.25) is 9.59 Å². The summed E-state index contributed by atoms with van der Waals surface area (Å²) in [4.78, 5) is 35.2. The van der Waals surface area contributed by atoms with E-state index in [1.807, 2.05) is 12.2 Å². The van der Waals surface area contributed by atoms with Crippen molar-refractivity contribution in [3.8, 4) is 0 Å². The van der Waals surface area contributed by atoms with Crippen LogP contribution < -0.4 is 0 Å². The van der Waals surface area contributed by atoms with Crippen LogP contribution in [0.3, 0.4) is 0 Å². The molecule has 31 heavy (non-hydrogen) atoms. The molecule has 0 aromatic rings. The zero-order valence-corrected chi connectivity index (χ0v) is 19.2. The molecule has 6 heteroatoms. The molecule has 0 aromatic carbocycles. The highest BCUT2D eigenvalue weighted by Gasteiger charge is 2.39. The van der Waals surface area contributed by atoms with Crippen LogP contribution in [0.4, 0.5) is 0 Å². The van der Waals surface area contributed by atoms with E-state index in [1.54, 1.807) is 13.0 Å². The quantitative estimate of drug-likeness (QED) is 0.164. The molecule has 0 radical (unpaired) electrons. The molecule has 0 aromatic heterocycles. The number of aliphatic hydroxyl groups excluding tert-OH is 1. The van der Waals surface area contributed by atoms with Crippen LogP contribution >= 0.6 is 0 Å². The number of ketones is 2. The lowest BCUT2D eigenvalue weighted by molar-refractivity contribution is -0.153. The summed E-state index contributed by atoms with van der Waals surface area (Å²) in [5.74, 6) is -1.59. The number of carbonyl (C=O) groups is 3. The van der Waals surface area contributed by atoms with Gasteiger partial charge in [-0.2, -0.15) is 0 Å². The lowest BCUT2D eigenvalue weighted by atomic mass is 9.87. The van der Waals surface area contributed by atoms with Crippen LogP contribution in [0.15, 0.2) is 24.8 Å². The molecule has 1 unspecified atom stereocenters. The number of Topliss-reactive ketones (excluding diaryl/α,β-unsaturated/α-hetero) is 2. The molecule has 0 spiro atoms. The van der Waals surface area contributed by atoms with Crippen molar-refractivity contribution in [1.29, 1.82) is 0 Å². The number of aliphatic hydroxyl groups is 2. The summed E-state index contributed by atoms with van der Waals surface area (Å²) < 4.78 is 4.69. The van der Waals surface area contributed by atoms with Gasteiger partial charge in [0.1, 0.15) is 5.78 Å². The zero-order chi connectivity index (χ0) is 23.3. The molecular formula is C25H40O6. The Morgan fingerprint density at radius 1 is 1.19 bits per heavy atom. The summed E-state index contributed by atoms with van der Waals surface area (Å²) in [5.41, 5.74) is -0.948. The minimum Gasteiger partial charge on any atom is -0.460 e. The van der Waals surface area contributed by atoms with Crippen molar-refractivity contribution in [2.24, 2.45) is 11.8 Å². The second-order valence-electron chi connectivity index (χ2n) is 8.56. The summed E-state index contributed by atoms with van der Waals surface area (Å²) in [6, 6.07) is 0. The van der Waals surface area contributed by atoms with Crippen LogP contribution in [-0.4, -0.2) is 46.1 Å². The van der Waals surface area contributed by atoms with Crippen molar-refractivity contribution >= 4 is 17.5 Å². The first-order valence-electron chi connectivity index (χ1n) is 11.7. The SMILES string of the molecule is C=CC(O)(CC=C[C@H]1[C@H](O)CC(=O)[C@@H]1CCCCCCC(=O)C(=O)OCC)CCCC. The highest BCUT2D eigenvalue weighted by Crippen LogP contribution is 2.35. The molecule has 6 nitrogen and oxygen atoms in total. The molecular weight excluding hydrogens is 396 g/mol. The zero-order valence-electron chi connectivity index (χ0n) is 19.2. The monoisotopic (exact) mass is 436 g/mol. The van der Waals surface area contributed by atoms with E-state index < -0.39 is 23.5 Å². The average molecular weight is 437 g/mol. The first-order valence-corrected chi connectivity index (χ1v) is 11.7. The molecule has 1 rings (SSSR count). The van der Waals surface area contributed by atoms with E-state index in [1.165, 1.54) is 0 Å². The number of hydrogen-bond acceptors (Lipinski definition) is 6. The summed E-state index contributed by atoms with van der Waals surface area (Å²) in [6.45, 7) is 7.68. The van der Waals surface area contributed by atoms with Crippen molar-refractivity contribution < 1.29 is 29.3 Å². The third-order valence-electron chi connectivity index (χ3n) is 6.08. The normalized spacial score (nSPS) is 23.1. The predicted octanol–water partition coefficient (Wildman–Crippen LogP) is 4.08. The molecule has 2 N–H and O–H groups in total. The molecule has 0 aliphatic heterocycles. The van der Waals surface area contributed by atoms with Gasteiger partial charge >= 0.3 is 5.97 Å². The number of ether oxygens (including phenoxy) is 1. The van der Waals surface area contributed by atoms with Crippen molar-refractivity contribution in [1.82, 2.24) is 0 Å². The Morgan fingerprint density at radius 3 is 2.55 bits per heavy atom. The summed E-state index contributed by atoms with van der Waals surface area (Å²) in [6.07, 6.45) is 11.8. The lowest BCUT2D eigenvalue weighted by Gasteiger charge is -2.23. The fourth-order valence-electron chi connectivity index (χ4n) is 4.11. The van der Waals surface area contributed by atoms with Gasteiger partial charge < -0.3 is 14.9 Å². The van der Waals surface area contributed by atoms with Gasteiger partial charge in [-0.25, -0.2) is 4.79 Å². The molecule has 176 valence electrons. The fraction of sp³-hybridized carbons (Fsp3) is 0.720. The van der Waals surface area contributed by atoms with E-state index in [9.17, 15) is 24.6 Å². The second kappa shape index (κ2) is 14.3. The van der Waals surface area contributed by atoms with Gasteiger partial charge in [0, 0.05) is 24.7 Å². The van der Waals surface area contributed by atoms with Crippen LogP contribution in [0, 0.1) is 11.8 Å². The molecule has 0 heterocycles. The van der Waals surface area contributed by atoms with Gasteiger partial charge in [0.15, 0.2) is 0 Å². The minimum absolute atomic E-state index is 0.0876. The number of carbonyl (C=O) groups excluding carboxylic acids is 3. The third-order valence-corrected chi connectivity index (χ3v) is 6.08. The maximum Gasteiger partial charge on any atom is 0.374 e. The number of hydrogen-bond donors (Lipinski definition) is 2. The van der Waals surface area contributed by atoms with E-state index in [4.69, 9.17) is 0 Å². The van der Waals surface area contributed by atoms with Gasteiger partial charge in [-0.05, 0) is 32.6 Å². The van der Waals surface area contributed by atoms with Crippen LogP contribution in [0.25, 0.3) is 0 Å². The number of rotatable bonds is 16. The second-order valence-corrected chi connectivity index (χ2v) is 8.56. The van der Waals surface area contributed by atoms with Crippen molar-refractivity contribution in [3.05, 3.63) is 24.8 Å². The lowest BCUT2D eigenvalue weighted by Crippen LogP contribution is -2.25. The maximum absolute atomic E-state index is 12.3. The van der Waals surface area contributed by atoms with E-state index >= 15 is 0 Å². The Kier molecular flexibility index (Phi) is 12.6. The maximum atomic E-state index is 12.3. The minimum atomic E-state index is -0.948. The standard InChI is InChI=1S/C25H40O6/c1-4-7-16-25(30,5-2)17-12-14-20-19(22(27)18-23(20)28)13-10-8-9-11-15-21(26)24(29)31-6-3/h5,12,14,19-20,23,28,30H,2,4,6-11,13,15-18H2,1,3H3/t19-,20-,23-,25?/m1/s1. The van der Waals surface area contributed by atoms with Gasteiger partial charge in [-0.15, -0.1) is 6.58 Å². The van der Waals surface area contributed by atoms with Gasteiger partial charge in [-0.1, -0.05) is 57.3 Å². The Balaban J connectivity index is 2.44. The Bertz CT molecular complexity index is 626. The van der Waals surface area contributed by atoms with Gasteiger partial charge in [0.2, 0.25) is 5.78 Å². The molecule has 1 aliphatic rings. The Labute approximate surface area is 186 Å². The molecule has 4 atom stereocenters. The highest BCUT2D eigenvalue weighted by atomic mass is 16.5. The van der Waals surface area contributed by atoms with Crippen LogP contribution in [0.2, 0.25) is 0 Å². The molecule has 1 aliphatic carbocycles. The largest absolute Gasteiger partial charge is 0.460 e. The predicted molar refractivity (Wildman–Crippen MR) is 120 cm³/mol. The van der Waals surface area contributed by atoms with Crippen molar-refractivity contribution in [2.45, 2.75) is 96.2 Å². The van der Waals surface area contributed by atoms with Gasteiger partial charge in [0.25, 0.3) is 0 Å². The summed E-state index contributed by atoms with van der Waals surface area (Å²) in [5, 5.41) is 20.9. The van der Waals surface area contributed by atoms with E-state index in [2.05, 4.69) is 18.2 Å². The summed E-state index contributed by atoms with van der Waals surface area (Å²) in [7, 11) is 0. The smallest absolute Gasteiger partial charge is 0.374 e. The highest BCUT2D eigenvalue weighted by molar-refractivity contribution is 6.33. The molecule has 1 fully saturated rings. The van der Waals surface area contributed by atoms with Crippen LogP contribution in [0.5, 0.6) is 0 Å². The van der Waals surface area contributed by atoms with Gasteiger partial charge in [0.05, 0.1) is 18.3 Å². The van der Waals surface area contributed by atoms with Crippen LogP contribution in [0.1, 0.15) is 84.5 Å². The first kappa shape index (κ1) is 27.2. The van der Waals surface area contributed by atoms with Crippen molar-refractivity contribution in [2.75, 3.05) is 6.61 Å². The first-order chi connectivity index (χ1) is 14.8.